The Bertz CT molecular complexity index is 1470. The summed E-state index contributed by atoms with van der Waals surface area (Å²) >= 11 is 9.37. The molecule has 0 radical (unpaired) electrons. The van der Waals surface area contributed by atoms with Gasteiger partial charge in [0.05, 0.1) is 22.6 Å². The van der Waals surface area contributed by atoms with E-state index < -0.39 is 0 Å². The number of fused-ring (bicyclic) bond motifs is 1. The highest BCUT2D eigenvalue weighted by Gasteiger charge is 2.20. The van der Waals surface area contributed by atoms with Crippen LogP contribution >= 0.6 is 35.3 Å². The van der Waals surface area contributed by atoms with Gasteiger partial charge in [-0.1, -0.05) is 48.2 Å². The first kappa shape index (κ1) is 23.4. The van der Waals surface area contributed by atoms with Crippen LogP contribution in [0.3, 0.4) is 0 Å². The lowest BCUT2D eigenvalue weighted by Gasteiger charge is -2.35. The number of rotatable bonds is 7. The van der Waals surface area contributed by atoms with Crippen LogP contribution < -0.4 is 4.90 Å². The Hall–Kier alpha value is -3.05. The van der Waals surface area contributed by atoms with Gasteiger partial charge in [0.15, 0.2) is 4.34 Å². The fourth-order valence-electron chi connectivity index (χ4n) is 4.36. The maximum atomic E-state index is 5.94. The fraction of sp³-hybridized carbons (Fsp3) is 0.231. The van der Waals surface area contributed by atoms with E-state index in [1.54, 1.807) is 23.1 Å². The van der Waals surface area contributed by atoms with E-state index in [4.69, 9.17) is 22.3 Å². The third kappa shape index (κ3) is 4.94. The minimum Gasteiger partial charge on any atom is -0.354 e. The lowest BCUT2D eigenvalue weighted by atomic mass is 10.3. The number of benzene rings is 2. The van der Waals surface area contributed by atoms with Gasteiger partial charge in [0.25, 0.3) is 0 Å². The number of thioether (sulfide) groups is 1. The second kappa shape index (κ2) is 10.5. The van der Waals surface area contributed by atoms with E-state index >= 15 is 0 Å². The smallest absolute Gasteiger partial charge is 0.203 e. The Balaban J connectivity index is 1.21. The van der Waals surface area contributed by atoms with Crippen molar-refractivity contribution in [1.29, 1.82) is 0 Å². The molecule has 10 heteroatoms. The Kier molecular flexibility index (Phi) is 6.82. The first-order valence-corrected chi connectivity index (χ1v) is 14.1. The van der Waals surface area contributed by atoms with E-state index in [-0.39, 0.29) is 0 Å². The average molecular weight is 532 g/mol. The number of nitrogens with zero attached hydrogens (tertiary/aromatic N) is 7. The van der Waals surface area contributed by atoms with Gasteiger partial charge >= 0.3 is 0 Å². The van der Waals surface area contributed by atoms with Crippen LogP contribution in [0.1, 0.15) is 5.82 Å². The molecule has 4 heterocycles. The minimum atomic E-state index is 0.674. The zero-order chi connectivity index (χ0) is 24.3. The van der Waals surface area contributed by atoms with Crippen molar-refractivity contribution < 1.29 is 0 Å². The number of para-hydroxylation sites is 2. The molecule has 1 fully saturated rings. The van der Waals surface area contributed by atoms with Crippen LogP contribution in [-0.2, 0) is 12.4 Å². The minimum absolute atomic E-state index is 0.674. The molecular weight excluding hydrogens is 507 g/mol. The number of hydrogen-bond donors (Lipinski definition) is 0. The molecule has 0 unspecified atom stereocenters. The highest BCUT2D eigenvalue weighted by Crippen LogP contribution is 2.31. The molecule has 2 aromatic carbocycles. The number of hydrogen-bond acceptors (Lipinski definition) is 8. The molecule has 1 saturated heterocycles. The summed E-state index contributed by atoms with van der Waals surface area (Å²) < 4.78 is 7.03. The van der Waals surface area contributed by atoms with E-state index in [1.165, 1.54) is 4.70 Å². The molecule has 1 aliphatic rings. The predicted molar refractivity (Wildman–Crippen MR) is 150 cm³/mol. The molecule has 7 nitrogen and oxygen atoms in total. The van der Waals surface area contributed by atoms with Crippen LogP contribution in [-0.4, -0.2) is 55.4 Å². The summed E-state index contributed by atoms with van der Waals surface area (Å²) in [7, 11) is 0. The van der Waals surface area contributed by atoms with E-state index in [2.05, 4.69) is 55.7 Å². The second-order valence-corrected chi connectivity index (χ2v) is 11.2. The van der Waals surface area contributed by atoms with Gasteiger partial charge in [0.1, 0.15) is 11.6 Å². The summed E-state index contributed by atoms with van der Waals surface area (Å²) in [5.41, 5.74) is 2.08. The number of anilines is 1. The zero-order valence-electron chi connectivity index (χ0n) is 19.6. The van der Waals surface area contributed by atoms with Gasteiger partial charge < -0.3 is 4.90 Å². The predicted octanol–water partition coefficient (Wildman–Crippen LogP) is 5.48. The van der Waals surface area contributed by atoms with Crippen LogP contribution in [0.15, 0.2) is 83.3 Å². The summed E-state index contributed by atoms with van der Waals surface area (Å²) in [5, 5.41) is 4.99. The fourth-order valence-corrected chi connectivity index (χ4v) is 6.65. The molecule has 3 aromatic heterocycles. The molecule has 0 N–H and O–H groups in total. The summed E-state index contributed by atoms with van der Waals surface area (Å²) in [4.78, 5) is 14.0. The van der Waals surface area contributed by atoms with Crippen molar-refractivity contribution in [2.24, 2.45) is 0 Å². The van der Waals surface area contributed by atoms with Gasteiger partial charge in [-0.3, -0.25) is 9.47 Å². The largest absolute Gasteiger partial charge is 0.354 e. The molecule has 1 aliphatic heterocycles. The van der Waals surface area contributed by atoms with Gasteiger partial charge in [-0.15, -0.1) is 11.3 Å². The van der Waals surface area contributed by atoms with Crippen molar-refractivity contribution >= 4 is 51.4 Å². The quantitative estimate of drug-likeness (QED) is 0.204. The molecule has 182 valence electrons. The van der Waals surface area contributed by atoms with Crippen molar-refractivity contribution in [1.82, 2.24) is 29.2 Å². The van der Waals surface area contributed by atoms with Crippen molar-refractivity contribution in [3.05, 3.63) is 89.6 Å². The third-order valence-electron chi connectivity index (χ3n) is 6.20. The molecule has 0 spiro atoms. The first-order chi connectivity index (χ1) is 17.7. The standard InChI is InChI=1S/C26H25N7S3/c34-26-32(19-30-14-16-31(17-15-30)23-12-6-7-13-27-23)29-24(33(26)20-8-2-1-3-9-20)18-35-25-28-21-10-4-5-11-22(21)36-25/h1-13H,14-19H2. The summed E-state index contributed by atoms with van der Waals surface area (Å²) in [6.45, 7) is 4.42. The SMILES string of the molecule is S=c1n(CN2CCN(c3ccccn3)CC2)nc(CSc2nc3ccccc3s2)n1-c1ccccc1. The van der Waals surface area contributed by atoms with Gasteiger partial charge in [0.2, 0.25) is 4.77 Å². The second-order valence-electron chi connectivity index (χ2n) is 8.54. The van der Waals surface area contributed by atoms with Crippen LogP contribution in [0.25, 0.3) is 15.9 Å². The third-order valence-corrected chi connectivity index (χ3v) is 8.77. The Labute approximate surface area is 223 Å². The highest BCUT2D eigenvalue weighted by molar-refractivity contribution is 8.00. The molecule has 0 saturated carbocycles. The number of aromatic nitrogens is 5. The van der Waals surface area contributed by atoms with E-state index in [0.29, 0.717) is 17.2 Å². The van der Waals surface area contributed by atoms with E-state index in [0.717, 1.165) is 53.4 Å². The topological polar surface area (TPSA) is 55.0 Å². The number of piperazine rings is 1. The maximum Gasteiger partial charge on any atom is 0.203 e. The van der Waals surface area contributed by atoms with Crippen molar-refractivity contribution in [3.63, 3.8) is 0 Å². The molecule has 5 aromatic rings. The van der Waals surface area contributed by atoms with Crippen LogP contribution in [0.4, 0.5) is 5.82 Å². The normalized spacial score (nSPS) is 14.5. The Morgan fingerprint density at radius 3 is 2.44 bits per heavy atom. The molecule has 6 rings (SSSR count). The Morgan fingerprint density at radius 1 is 0.889 bits per heavy atom. The van der Waals surface area contributed by atoms with Crippen molar-refractivity contribution in [3.8, 4) is 5.69 Å². The zero-order valence-corrected chi connectivity index (χ0v) is 22.1. The summed E-state index contributed by atoms with van der Waals surface area (Å²) in [6, 6.07) is 24.6. The van der Waals surface area contributed by atoms with Crippen LogP contribution in [0.2, 0.25) is 0 Å². The maximum absolute atomic E-state index is 5.94. The van der Waals surface area contributed by atoms with Crippen LogP contribution in [0, 0.1) is 4.77 Å². The van der Waals surface area contributed by atoms with Gasteiger partial charge in [-0.25, -0.2) is 14.6 Å². The monoisotopic (exact) mass is 531 g/mol. The molecule has 0 bridgehead atoms. The van der Waals surface area contributed by atoms with Gasteiger partial charge in [-0.2, -0.15) is 5.10 Å². The summed E-state index contributed by atoms with van der Waals surface area (Å²) in [6.07, 6.45) is 1.85. The number of pyridine rings is 1. The lowest BCUT2D eigenvalue weighted by molar-refractivity contribution is 0.193. The Morgan fingerprint density at radius 2 is 1.67 bits per heavy atom. The summed E-state index contributed by atoms with van der Waals surface area (Å²) in [5.74, 6) is 2.66. The first-order valence-electron chi connectivity index (χ1n) is 11.9. The van der Waals surface area contributed by atoms with Gasteiger partial charge in [-0.05, 0) is 48.6 Å². The number of thiazole rings is 1. The van der Waals surface area contributed by atoms with Gasteiger partial charge in [0, 0.05) is 38.1 Å². The van der Waals surface area contributed by atoms with Crippen molar-refractivity contribution in [2.45, 2.75) is 16.8 Å². The molecule has 36 heavy (non-hydrogen) atoms. The lowest BCUT2D eigenvalue weighted by Crippen LogP contribution is -2.47. The van der Waals surface area contributed by atoms with E-state index in [9.17, 15) is 0 Å². The van der Waals surface area contributed by atoms with Crippen LogP contribution in [0.5, 0.6) is 0 Å². The molecule has 0 amide bonds. The molecule has 0 atom stereocenters. The van der Waals surface area contributed by atoms with E-state index in [1.807, 2.05) is 47.3 Å². The molecular formula is C26H25N7S3. The average Bonchev–Trinajstić information content (AvgIpc) is 3.49. The van der Waals surface area contributed by atoms with Crippen molar-refractivity contribution in [2.75, 3.05) is 31.1 Å². The molecule has 0 aliphatic carbocycles. The highest BCUT2D eigenvalue weighted by atomic mass is 32.2.